The average Bonchev–Trinajstić information content (AvgIpc) is 3.12. The highest BCUT2D eigenvalue weighted by Gasteiger charge is 2.19. The molecule has 0 N–H and O–H groups in total. The van der Waals surface area contributed by atoms with E-state index in [-0.39, 0.29) is 31.1 Å². The summed E-state index contributed by atoms with van der Waals surface area (Å²) >= 11 is 0. The van der Waals surface area contributed by atoms with E-state index in [1.165, 1.54) is 135 Å². The van der Waals surface area contributed by atoms with E-state index in [1.54, 1.807) is 0 Å². The van der Waals surface area contributed by atoms with Crippen molar-refractivity contribution in [2.45, 2.75) is 245 Å². The highest BCUT2D eigenvalue weighted by atomic mass is 16.6. The Bertz CT molecular complexity index is 794. The summed E-state index contributed by atoms with van der Waals surface area (Å²) in [6.07, 6.45) is 41.9. The van der Waals surface area contributed by atoms with Crippen LogP contribution >= 0.6 is 0 Å². The summed E-state index contributed by atoms with van der Waals surface area (Å²) in [6.45, 7) is 6.59. The van der Waals surface area contributed by atoms with Crippen molar-refractivity contribution in [3.8, 4) is 0 Å². The zero-order valence-electron chi connectivity index (χ0n) is 34.1. The van der Waals surface area contributed by atoms with E-state index in [4.69, 9.17) is 14.2 Å². The molecule has 0 aliphatic heterocycles. The molecule has 0 rings (SSSR count). The van der Waals surface area contributed by atoms with Gasteiger partial charge in [-0.1, -0.05) is 187 Å². The van der Waals surface area contributed by atoms with Crippen molar-refractivity contribution in [2.75, 3.05) is 13.2 Å². The summed E-state index contributed by atoms with van der Waals surface area (Å²) in [4.78, 5) is 37.6. The maximum atomic E-state index is 12.6. The molecule has 51 heavy (non-hydrogen) atoms. The van der Waals surface area contributed by atoms with E-state index < -0.39 is 6.10 Å². The molecule has 6 nitrogen and oxygen atoms in total. The van der Waals surface area contributed by atoms with Gasteiger partial charge in [-0.2, -0.15) is 0 Å². The van der Waals surface area contributed by atoms with Gasteiger partial charge in [-0.15, -0.1) is 0 Å². The van der Waals surface area contributed by atoms with Gasteiger partial charge in [-0.25, -0.2) is 0 Å². The fraction of sp³-hybridized carbons (Fsp3) is 0.889. The molecule has 0 saturated heterocycles. The van der Waals surface area contributed by atoms with Crippen LogP contribution in [0.2, 0.25) is 0 Å². The molecule has 0 aliphatic rings. The van der Waals surface area contributed by atoms with Crippen molar-refractivity contribution >= 4 is 17.9 Å². The van der Waals surface area contributed by atoms with E-state index >= 15 is 0 Å². The first-order chi connectivity index (χ1) is 25.0. The van der Waals surface area contributed by atoms with Crippen molar-refractivity contribution in [3.63, 3.8) is 0 Å². The van der Waals surface area contributed by atoms with Crippen molar-refractivity contribution < 1.29 is 28.6 Å². The normalized spacial score (nSPS) is 12.0. The summed E-state index contributed by atoms with van der Waals surface area (Å²) in [7, 11) is 0. The molecule has 0 bridgehead atoms. The number of rotatable bonds is 40. The summed E-state index contributed by atoms with van der Waals surface area (Å²) in [5.41, 5.74) is 0. The Labute approximate surface area is 316 Å². The Balaban J connectivity index is 4.33. The Hall–Kier alpha value is -1.85. The average molecular weight is 721 g/mol. The van der Waals surface area contributed by atoms with Crippen molar-refractivity contribution in [3.05, 3.63) is 12.2 Å². The zero-order valence-corrected chi connectivity index (χ0v) is 34.1. The van der Waals surface area contributed by atoms with Crippen LogP contribution in [0.1, 0.15) is 239 Å². The molecule has 0 heterocycles. The molecule has 0 saturated carbocycles. The van der Waals surface area contributed by atoms with Crippen molar-refractivity contribution in [1.29, 1.82) is 0 Å². The number of unbranched alkanes of at least 4 members (excludes halogenated alkanes) is 27. The lowest BCUT2D eigenvalue weighted by Gasteiger charge is -2.18. The van der Waals surface area contributed by atoms with Gasteiger partial charge in [-0.3, -0.25) is 14.4 Å². The smallest absolute Gasteiger partial charge is 0.306 e. The molecule has 0 aromatic rings. The van der Waals surface area contributed by atoms with Crippen LogP contribution in [0.5, 0.6) is 0 Å². The predicted octanol–water partition coefficient (Wildman–Crippen LogP) is 13.9. The zero-order chi connectivity index (χ0) is 37.3. The maximum Gasteiger partial charge on any atom is 0.306 e. The van der Waals surface area contributed by atoms with Crippen molar-refractivity contribution in [1.82, 2.24) is 0 Å². The monoisotopic (exact) mass is 721 g/mol. The highest BCUT2D eigenvalue weighted by molar-refractivity contribution is 5.71. The molecule has 6 heteroatoms. The second-order valence-corrected chi connectivity index (χ2v) is 15.0. The van der Waals surface area contributed by atoms with Crippen LogP contribution in [0.4, 0.5) is 0 Å². The number of esters is 3. The summed E-state index contributed by atoms with van der Waals surface area (Å²) in [5.74, 6) is -0.886. The van der Waals surface area contributed by atoms with Crippen LogP contribution in [-0.2, 0) is 28.6 Å². The molecule has 0 fully saturated rings. The van der Waals surface area contributed by atoms with E-state index in [9.17, 15) is 14.4 Å². The van der Waals surface area contributed by atoms with Crippen LogP contribution in [0.25, 0.3) is 0 Å². The molecule has 1 atom stereocenters. The number of allylic oxidation sites excluding steroid dienone is 2. The van der Waals surface area contributed by atoms with Gasteiger partial charge in [0.2, 0.25) is 0 Å². The largest absolute Gasteiger partial charge is 0.462 e. The molecule has 0 radical (unpaired) electrons. The molecule has 1 unspecified atom stereocenters. The summed E-state index contributed by atoms with van der Waals surface area (Å²) < 4.78 is 16.6. The standard InChI is InChI=1S/C45H84O6/c1-4-7-10-13-16-19-21-22-23-24-27-29-32-35-38-44(47)50-41-42(40-49-43(46)37-34-31-28-25-18-15-12-9-6-3)51-45(48)39-36-33-30-26-20-17-14-11-8-5-2/h23-24,42H,4-22,25-41H2,1-3H3/b24-23-. The second-order valence-electron chi connectivity index (χ2n) is 15.0. The van der Waals surface area contributed by atoms with Crippen LogP contribution in [0.15, 0.2) is 12.2 Å². The van der Waals surface area contributed by atoms with Crippen LogP contribution in [-0.4, -0.2) is 37.2 Å². The highest BCUT2D eigenvalue weighted by Crippen LogP contribution is 2.14. The lowest BCUT2D eigenvalue weighted by molar-refractivity contribution is -0.167. The van der Waals surface area contributed by atoms with Crippen LogP contribution in [0, 0.1) is 0 Å². The maximum absolute atomic E-state index is 12.6. The van der Waals surface area contributed by atoms with Crippen LogP contribution < -0.4 is 0 Å². The minimum Gasteiger partial charge on any atom is -0.462 e. The number of hydrogen-bond acceptors (Lipinski definition) is 6. The third kappa shape index (κ3) is 39.2. The van der Waals surface area contributed by atoms with Gasteiger partial charge in [0.05, 0.1) is 0 Å². The second kappa shape index (κ2) is 40.9. The molecule has 0 aliphatic carbocycles. The molecule has 0 spiro atoms. The lowest BCUT2D eigenvalue weighted by atomic mass is 10.1. The van der Waals surface area contributed by atoms with Gasteiger partial charge in [0.1, 0.15) is 13.2 Å². The van der Waals surface area contributed by atoms with Crippen LogP contribution in [0.3, 0.4) is 0 Å². The number of carbonyl (C=O) groups excluding carboxylic acids is 3. The topological polar surface area (TPSA) is 78.9 Å². The van der Waals surface area contributed by atoms with Gasteiger partial charge >= 0.3 is 17.9 Å². The molecular weight excluding hydrogens is 636 g/mol. The van der Waals surface area contributed by atoms with E-state index in [1.807, 2.05) is 0 Å². The van der Waals surface area contributed by atoms with E-state index in [2.05, 4.69) is 32.9 Å². The van der Waals surface area contributed by atoms with E-state index in [0.29, 0.717) is 19.3 Å². The minimum atomic E-state index is -0.766. The van der Waals surface area contributed by atoms with Gasteiger partial charge in [-0.05, 0) is 44.9 Å². The molecule has 0 aromatic carbocycles. The first-order valence-corrected chi connectivity index (χ1v) is 22.2. The first kappa shape index (κ1) is 49.1. The molecule has 0 amide bonds. The predicted molar refractivity (Wildman–Crippen MR) is 215 cm³/mol. The number of carbonyl (C=O) groups is 3. The lowest BCUT2D eigenvalue weighted by Crippen LogP contribution is -2.30. The SMILES string of the molecule is CCCCCCCCC/C=C\CCCCCC(=O)OCC(COC(=O)CCCCCCCCCCC)OC(=O)CCCCCCCCCCCC. The summed E-state index contributed by atoms with van der Waals surface area (Å²) in [6, 6.07) is 0. The summed E-state index contributed by atoms with van der Waals surface area (Å²) in [5, 5.41) is 0. The third-order valence-corrected chi connectivity index (χ3v) is 9.77. The van der Waals surface area contributed by atoms with Gasteiger partial charge < -0.3 is 14.2 Å². The molecule has 300 valence electrons. The number of hydrogen-bond donors (Lipinski definition) is 0. The number of ether oxygens (including phenoxy) is 3. The first-order valence-electron chi connectivity index (χ1n) is 22.2. The third-order valence-electron chi connectivity index (χ3n) is 9.77. The molecule has 0 aromatic heterocycles. The quantitative estimate of drug-likeness (QED) is 0.0271. The Kier molecular flexibility index (Phi) is 39.4. The fourth-order valence-corrected chi connectivity index (χ4v) is 6.38. The Morgan fingerprint density at radius 3 is 1.00 bits per heavy atom. The fourth-order valence-electron chi connectivity index (χ4n) is 6.38. The van der Waals surface area contributed by atoms with Gasteiger partial charge in [0.25, 0.3) is 0 Å². The van der Waals surface area contributed by atoms with E-state index in [0.717, 1.165) is 64.2 Å². The van der Waals surface area contributed by atoms with Gasteiger partial charge in [0, 0.05) is 19.3 Å². The Morgan fingerprint density at radius 1 is 0.373 bits per heavy atom. The minimum absolute atomic E-state index is 0.0709. The molecular formula is C45H84O6. The van der Waals surface area contributed by atoms with Gasteiger partial charge in [0.15, 0.2) is 6.10 Å². The van der Waals surface area contributed by atoms with Crippen molar-refractivity contribution in [2.24, 2.45) is 0 Å². The Morgan fingerprint density at radius 2 is 0.647 bits per heavy atom.